The largest absolute Gasteiger partial charge is 0.476 e. The zero-order valence-electron chi connectivity index (χ0n) is 8.94. The number of carboxylic acid groups (broad SMARTS) is 1. The zero-order valence-corrected chi connectivity index (χ0v) is 10.5. The summed E-state index contributed by atoms with van der Waals surface area (Å²) in [5, 5.41) is 13.9. The minimum absolute atomic E-state index is 0.102. The van der Waals surface area contributed by atoms with Gasteiger partial charge in [-0.15, -0.1) is 0 Å². The predicted octanol–water partition coefficient (Wildman–Crippen LogP) is 3.08. The van der Waals surface area contributed by atoms with Gasteiger partial charge < -0.3 is 5.11 Å². The third-order valence-corrected chi connectivity index (χ3v) is 2.85. The number of aromatic carboxylic acids is 1. The summed E-state index contributed by atoms with van der Waals surface area (Å²) in [6, 6.07) is 5.68. The average molecular weight is 283 g/mol. The second-order valence-electron chi connectivity index (χ2n) is 3.85. The van der Waals surface area contributed by atoms with E-state index in [2.05, 4.69) is 21.0 Å². The smallest absolute Gasteiger partial charge is 0.357 e. The Bertz CT molecular complexity index is 560. The minimum atomic E-state index is -0.998. The number of carbonyl (C=O) groups is 1. The summed E-state index contributed by atoms with van der Waals surface area (Å²) in [6.07, 6.45) is 0. The molecule has 0 saturated carbocycles. The molecule has 0 unspecified atom stereocenters. The Morgan fingerprint density at radius 1 is 1.50 bits per heavy atom. The number of rotatable bonds is 2. The highest BCUT2D eigenvalue weighted by molar-refractivity contribution is 9.10. The molecule has 0 bridgehead atoms. The SMILES string of the molecule is CC(C)n1nc(C(=O)O)c2cc(Br)ccc21. The fraction of sp³-hybridized carbons (Fsp3) is 0.273. The lowest BCUT2D eigenvalue weighted by Crippen LogP contribution is -2.05. The van der Waals surface area contributed by atoms with Gasteiger partial charge in [-0.05, 0) is 32.0 Å². The van der Waals surface area contributed by atoms with Gasteiger partial charge in [-0.1, -0.05) is 15.9 Å². The topological polar surface area (TPSA) is 55.1 Å². The van der Waals surface area contributed by atoms with Crippen molar-refractivity contribution in [3.05, 3.63) is 28.4 Å². The average Bonchev–Trinajstić information content (AvgIpc) is 2.56. The Kier molecular flexibility index (Phi) is 2.71. The zero-order chi connectivity index (χ0) is 11.9. The number of fused-ring (bicyclic) bond motifs is 1. The Balaban J connectivity index is 2.81. The summed E-state index contributed by atoms with van der Waals surface area (Å²) in [5.41, 5.74) is 0.945. The molecule has 1 N–H and O–H groups in total. The molecule has 0 radical (unpaired) electrons. The molecule has 0 aliphatic heterocycles. The number of carboxylic acids is 1. The Labute approximate surface area is 101 Å². The maximum Gasteiger partial charge on any atom is 0.357 e. The molecule has 84 valence electrons. The van der Waals surface area contributed by atoms with Crippen LogP contribution < -0.4 is 0 Å². The molecule has 5 heteroatoms. The fourth-order valence-electron chi connectivity index (χ4n) is 1.66. The van der Waals surface area contributed by atoms with Crippen LogP contribution in [0.4, 0.5) is 0 Å². The van der Waals surface area contributed by atoms with Crippen molar-refractivity contribution in [3.63, 3.8) is 0 Å². The quantitative estimate of drug-likeness (QED) is 0.921. The first-order chi connectivity index (χ1) is 7.50. The molecular formula is C11H11BrN2O2. The Morgan fingerprint density at radius 2 is 2.19 bits per heavy atom. The van der Waals surface area contributed by atoms with Crippen LogP contribution in [-0.2, 0) is 0 Å². The number of aromatic nitrogens is 2. The van der Waals surface area contributed by atoms with E-state index in [0.717, 1.165) is 9.99 Å². The summed E-state index contributed by atoms with van der Waals surface area (Å²) in [5.74, 6) is -0.998. The van der Waals surface area contributed by atoms with Crippen molar-refractivity contribution in [2.24, 2.45) is 0 Å². The van der Waals surface area contributed by atoms with Crippen molar-refractivity contribution in [2.75, 3.05) is 0 Å². The minimum Gasteiger partial charge on any atom is -0.476 e. The van der Waals surface area contributed by atoms with Gasteiger partial charge in [0.15, 0.2) is 5.69 Å². The number of nitrogens with zero attached hydrogens (tertiary/aromatic N) is 2. The summed E-state index contributed by atoms with van der Waals surface area (Å²) < 4.78 is 2.58. The van der Waals surface area contributed by atoms with Crippen molar-refractivity contribution in [1.29, 1.82) is 0 Å². The lowest BCUT2D eigenvalue weighted by molar-refractivity contribution is 0.0691. The van der Waals surface area contributed by atoms with E-state index in [1.807, 2.05) is 26.0 Å². The van der Waals surface area contributed by atoms with Gasteiger partial charge in [0.25, 0.3) is 0 Å². The number of hydrogen-bond donors (Lipinski definition) is 1. The van der Waals surface area contributed by atoms with E-state index in [1.54, 1.807) is 10.7 Å². The molecule has 2 rings (SSSR count). The molecule has 1 aromatic carbocycles. The maximum atomic E-state index is 11.1. The molecule has 0 spiro atoms. The lowest BCUT2D eigenvalue weighted by atomic mass is 10.2. The van der Waals surface area contributed by atoms with Crippen LogP contribution in [0.25, 0.3) is 10.9 Å². The molecule has 2 aromatic rings. The normalized spacial score (nSPS) is 11.2. The molecule has 1 heterocycles. The van der Waals surface area contributed by atoms with Crippen molar-refractivity contribution in [1.82, 2.24) is 9.78 Å². The first kappa shape index (κ1) is 11.1. The number of benzene rings is 1. The van der Waals surface area contributed by atoms with Crippen molar-refractivity contribution in [2.45, 2.75) is 19.9 Å². The van der Waals surface area contributed by atoms with E-state index in [4.69, 9.17) is 5.11 Å². The molecule has 0 fully saturated rings. The summed E-state index contributed by atoms with van der Waals surface area (Å²) in [4.78, 5) is 11.1. The van der Waals surface area contributed by atoms with Gasteiger partial charge in [-0.3, -0.25) is 4.68 Å². The van der Waals surface area contributed by atoms with Crippen molar-refractivity contribution in [3.8, 4) is 0 Å². The van der Waals surface area contributed by atoms with Gasteiger partial charge in [0.05, 0.1) is 5.52 Å². The molecule has 1 aromatic heterocycles. The molecule has 0 atom stereocenters. The van der Waals surface area contributed by atoms with Crippen LogP contribution in [0, 0.1) is 0 Å². The molecule has 0 saturated heterocycles. The highest BCUT2D eigenvalue weighted by Crippen LogP contribution is 2.25. The molecular weight excluding hydrogens is 272 g/mol. The van der Waals surface area contributed by atoms with Crippen LogP contribution in [0.5, 0.6) is 0 Å². The molecule has 0 amide bonds. The maximum absolute atomic E-state index is 11.1. The van der Waals surface area contributed by atoms with Crippen molar-refractivity contribution >= 4 is 32.8 Å². The van der Waals surface area contributed by atoms with E-state index in [-0.39, 0.29) is 11.7 Å². The number of hydrogen-bond acceptors (Lipinski definition) is 2. The number of halogens is 1. The molecule has 0 aliphatic carbocycles. The first-order valence-electron chi connectivity index (χ1n) is 4.91. The molecule has 4 nitrogen and oxygen atoms in total. The van der Waals surface area contributed by atoms with Crippen LogP contribution in [0.2, 0.25) is 0 Å². The van der Waals surface area contributed by atoms with E-state index >= 15 is 0 Å². The van der Waals surface area contributed by atoms with E-state index < -0.39 is 5.97 Å². The van der Waals surface area contributed by atoms with Gasteiger partial charge in [0, 0.05) is 15.9 Å². The molecule has 0 aliphatic rings. The van der Waals surface area contributed by atoms with Gasteiger partial charge in [0.2, 0.25) is 0 Å². The molecule has 16 heavy (non-hydrogen) atoms. The van der Waals surface area contributed by atoms with Crippen LogP contribution in [-0.4, -0.2) is 20.9 Å². The van der Waals surface area contributed by atoms with Crippen LogP contribution in [0.15, 0.2) is 22.7 Å². The third kappa shape index (κ3) is 1.71. The van der Waals surface area contributed by atoms with E-state index in [9.17, 15) is 4.79 Å². The van der Waals surface area contributed by atoms with Gasteiger partial charge in [0.1, 0.15) is 0 Å². The van der Waals surface area contributed by atoms with Crippen LogP contribution >= 0.6 is 15.9 Å². The highest BCUT2D eigenvalue weighted by Gasteiger charge is 2.17. The standard InChI is InChI=1S/C11H11BrN2O2/c1-6(2)14-9-4-3-7(12)5-8(9)10(13-14)11(15)16/h3-6H,1-2H3,(H,15,16). The first-order valence-corrected chi connectivity index (χ1v) is 5.71. The Morgan fingerprint density at radius 3 is 2.75 bits per heavy atom. The summed E-state index contributed by atoms with van der Waals surface area (Å²) in [7, 11) is 0. The predicted molar refractivity (Wildman–Crippen MR) is 64.8 cm³/mol. The fourth-order valence-corrected chi connectivity index (χ4v) is 2.03. The second kappa shape index (κ2) is 3.90. The van der Waals surface area contributed by atoms with Crippen LogP contribution in [0.1, 0.15) is 30.4 Å². The summed E-state index contributed by atoms with van der Waals surface area (Å²) >= 11 is 3.33. The third-order valence-electron chi connectivity index (χ3n) is 2.36. The second-order valence-corrected chi connectivity index (χ2v) is 4.77. The van der Waals surface area contributed by atoms with E-state index in [1.165, 1.54) is 0 Å². The van der Waals surface area contributed by atoms with Crippen LogP contribution in [0.3, 0.4) is 0 Å². The Hall–Kier alpha value is -1.36. The summed E-state index contributed by atoms with van der Waals surface area (Å²) in [6.45, 7) is 3.94. The van der Waals surface area contributed by atoms with E-state index in [0.29, 0.717) is 5.39 Å². The monoisotopic (exact) mass is 282 g/mol. The highest BCUT2D eigenvalue weighted by atomic mass is 79.9. The van der Waals surface area contributed by atoms with Gasteiger partial charge in [-0.25, -0.2) is 4.79 Å². The van der Waals surface area contributed by atoms with Crippen molar-refractivity contribution < 1.29 is 9.90 Å². The van der Waals surface area contributed by atoms with Gasteiger partial charge in [-0.2, -0.15) is 5.10 Å². The van der Waals surface area contributed by atoms with Gasteiger partial charge >= 0.3 is 5.97 Å². The lowest BCUT2D eigenvalue weighted by Gasteiger charge is -2.06.